The van der Waals surface area contributed by atoms with Crippen LogP contribution in [0, 0.1) is 10.1 Å². The summed E-state index contributed by atoms with van der Waals surface area (Å²) in [5, 5.41) is 20.3. The monoisotopic (exact) mass is 294 g/mol. The fourth-order valence-corrected chi connectivity index (χ4v) is 2.47. The van der Waals surface area contributed by atoms with Crippen LogP contribution in [-0.4, -0.2) is 35.2 Å². The van der Waals surface area contributed by atoms with Gasteiger partial charge in [-0.15, -0.1) is 0 Å². The van der Waals surface area contributed by atoms with Crippen LogP contribution in [0.2, 0.25) is 0 Å². The minimum Gasteiger partial charge on any atom is -0.493 e. The zero-order valence-electron chi connectivity index (χ0n) is 11.8. The van der Waals surface area contributed by atoms with Gasteiger partial charge in [-0.3, -0.25) is 10.1 Å². The summed E-state index contributed by atoms with van der Waals surface area (Å²) in [6.45, 7) is 2.98. The van der Waals surface area contributed by atoms with Crippen LogP contribution in [0.15, 0.2) is 18.2 Å². The van der Waals surface area contributed by atoms with Crippen molar-refractivity contribution in [3.05, 3.63) is 28.3 Å². The first-order chi connectivity index (χ1) is 10.0. The fraction of sp³-hybridized carbons (Fsp3) is 0.500. The molecule has 0 bridgehead atoms. The summed E-state index contributed by atoms with van der Waals surface area (Å²) in [5.41, 5.74) is 0.440. The number of hydrogen-bond donors (Lipinski definition) is 1. The maximum absolute atomic E-state index is 11.3. The molecule has 0 amide bonds. The summed E-state index contributed by atoms with van der Waals surface area (Å²) in [4.78, 5) is 23.5. The smallest absolute Gasteiger partial charge is 0.326 e. The average molecular weight is 294 g/mol. The molecule has 0 spiro atoms. The van der Waals surface area contributed by atoms with Crippen molar-refractivity contribution in [2.24, 2.45) is 0 Å². The standard InChI is InChI=1S/C14H18N2O5/c1-2-6-21-12-8-10(7-11(9-12)16(19)20)15-5-3-4-13(15)14(17)18/h7-9,13H,2-6H2,1H3,(H,17,18). The fourth-order valence-electron chi connectivity index (χ4n) is 2.47. The number of anilines is 1. The summed E-state index contributed by atoms with van der Waals surface area (Å²) >= 11 is 0. The van der Waals surface area contributed by atoms with Crippen molar-refractivity contribution in [3.8, 4) is 5.75 Å². The summed E-state index contributed by atoms with van der Waals surface area (Å²) in [6.07, 6.45) is 2.09. The first-order valence-electron chi connectivity index (χ1n) is 6.94. The number of ether oxygens (including phenoxy) is 1. The maximum atomic E-state index is 11.3. The SMILES string of the molecule is CCCOc1cc(N2CCCC2C(=O)O)cc([N+](=O)[O-])c1. The van der Waals surface area contributed by atoms with Gasteiger partial charge in [0.15, 0.2) is 0 Å². The minimum absolute atomic E-state index is 0.0883. The van der Waals surface area contributed by atoms with Gasteiger partial charge in [-0.25, -0.2) is 4.79 Å². The molecular weight excluding hydrogens is 276 g/mol. The quantitative estimate of drug-likeness (QED) is 0.640. The van der Waals surface area contributed by atoms with Crippen molar-refractivity contribution < 1.29 is 19.6 Å². The van der Waals surface area contributed by atoms with Crippen LogP contribution in [0.4, 0.5) is 11.4 Å². The topological polar surface area (TPSA) is 92.9 Å². The number of rotatable bonds is 6. The Bertz CT molecular complexity index is 546. The van der Waals surface area contributed by atoms with Gasteiger partial charge in [0.25, 0.3) is 5.69 Å². The molecule has 114 valence electrons. The lowest BCUT2D eigenvalue weighted by atomic mass is 10.2. The molecule has 0 aromatic heterocycles. The molecule has 0 saturated carbocycles. The Labute approximate surface area is 122 Å². The Hall–Kier alpha value is -2.31. The second kappa shape index (κ2) is 6.43. The molecule has 1 saturated heterocycles. The predicted molar refractivity (Wildman–Crippen MR) is 76.9 cm³/mol. The Morgan fingerprint density at radius 1 is 1.52 bits per heavy atom. The van der Waals surface area contributed by atoms with Gasteiger partial charge in [-0.2, -0.15) is 0 Å². The van der Waals surface area contributed by atoms with Crippen molar-refractivity contribution in [2.75, 3.05) is 18.1 Å². The number of carbonyl (C=O) groups is 1. The van der Waals surface area contributed by atoms with Gasteiger partial charge < -0.3 is 14.7 Å². The number of carboxylic acid groups (broad SMARTS) is 1. The second-order valence-corrected chi connectivity index (χ2v) is 4.98. The zero-order chi connectivity index (χ0) is 15.4. The number of hydrogen-bond acceptors (Lipinski definition) is 5. The van der Waals surface area contributed by atoms with Crippen LogP contribution < -0.4 is 9.64 Å². The van der Waals surface area contributed by atoms with Crippen LogP contribution in [0.5, 0.6) is 5.75 Å². The Morgan fingerprint density at radius 3 is 2.90 bits per heavy atom. The van der Waals surface area contributed by atoms with Crippen LogP contribution in [-0.2, 0) is 4.79 Å². The molecule has 1 aromatic rings. The number of aliphatic carboxylic acids is 1. The van der Waals surface area contributed by atoms with Gasteiger partial charge in [0.2, 0.25) is 0 Å². The molecule has 1 aromatic carbocycles. The first-order valence-corrected chi connectivity index (χ1v) is 6.94. The second-order valence-electron chi connectivity index (χ2n) is 4.98. The van der Waals surface area contributed by atoms with Crippen LogP contribution >= 0.6 is 0 Å². The van der Waals surface area contributed by atoms with E-state index in [-0.39, 0.29) is 5.69 Å². The van der Waals surface area contributed by atoms with E-state index in [4.69, 9.17) is 4.74 Å². The van der Waals surface area contributed by atoms with Crippen molar-refractivity contribution >= 4 is 17.3 Å². The third-order valence-corrected chi connectivity index (χ3v) is 3.43. The average Bonchev–Trinajstić information content (AvgIpc) is 2.94. The number of benzene rings is 1. The normalized spacial score (nSPS) is 17.8. The lowest BCUT2D eigenvalue weighted by molar-refractivity contribution is -0.384. The van der Waals surface area contributed by atoms with Gasteiger partial charge in [0.1, 0.15) is 11.8 Å². The summed E-state index contributed by atoms with van der Waals surface area (Å²) in [5.74, 6) is -0.507. The largest absolute Gasteiger partial charge is 0.493 e. The third kappa shape index (κ3) is 3.42. The van der Waals surface area contributed by atoms with Gasteiger partial charge in [-0.1, -0.05) is 6.92 Å². The van der Waals surface area contributed by atoms with E-state index in [2.05, 4.69) is 0 Å². The molecule has 0 aliphatic carbocycles. The molecule has 0 radical (unpaired) electrons. The number of nitro groups is 1. The van der Waals surface area contributed by atoms with E-state index in [0.717, 1.165) is 12.8 Å². The lowest BCUT2D eigenvalue weighted by Gasteiger charge is -2.24. The van der Waals surface area contributed by atoms with Gasteiger partial charge in [-0.05, 0) is 19.3 Å². The van der Waals surface area contributed by atoms with Crippen molar-refractivity contribution in [1.82, 2.24) is 0 Å². The Morgan fingerprint density at radius 2 is 2.29 bits per heavy atom. The molecule has 2 rings (SSSR count). The predicted octanol–water partition coefficient (Wildman–Crippen LogP) is 2.44. The molecule has 1 heterocycles. The third-order valence-electron chi connectivity index (χ3n) is 3.43. The van der Waals surface area contributed by atoms with E-state index in [9.17, 15) is 20.0 Å². The van der Waals surface area contributed by atoms with E-state index in [0.29, 0.717) is 31.0 Å². The van der Waals surface area contributed by atoms with Gasteiger partial charge in [0, 0.05) is 24.4 Å². The Kier molecular flexibility index (Phi) is 4.62. The molecule has 7 heteroatoms. The number of nitrogens with zero attached hydrogens (tertiary/aromatic N) is 2. The highest BCUT2D eigenvalue weighted by Gasteiger charge is 2.31. The van der Waals surface area contributed by atoms with E-state index in [1.807, 2.05) is 6.92 Å². The zero-order valence-corrected chi connectivity index (χ0v) is 11.8. The minimum atomic E-state index is -0.907. The number of carboxylic acids is 1. The molecule has 1 aliphatic rings. The van der Waals surface area contributed by atoms with Crippen LogP contribution in [0.1, 0.15) is 26.2 Å². The molecule has 1 atom stereocenters. The van der Waals surface area contributed by atoms with Gasteiger partial charge in [0.05, 0.1) is 17.6 Å². The number of nitro benzene ring substituents is 1. The highest BCUT2D eigenvalue weighted by Crippen LogP contribution is 2.33. The Balaban J connectivity index is 2.35. The molecule has 1 N–H and O–H groups in total. The highest BCUT2D eigenvalue weighted by atomic mass is 16.6. The molecule has 1 aliphatic heterocycles. The molecule has 7 nitrogen and oxygen atoms in total. The van der Waals surface area contributed by atoms with E-state index in [1.54, 1.807) is 11.0 Å². The molecule has 1 fully saturated rings. The van der Waals surface area contributed by atoms with Crippen molar-refractivity contribution in [1.29, 1.82) is 0 Å². The van der Waals surface area contributed by atoms with Crippen molar-refractivity contribution in [2.45, 2.75) is 32.2 Å². The molecule has 21 heavy (non-hydrogen) atoms. The molecular formula is C14H18N2O5. The van der Waals surface area contributed by atoms with E-state index in [1.165, 1.54) is 12.1 Å². The summed E-state index contributed by atoms with van der Waals surface area (Å²) in [7, 11) is 0. The lowest BCUT2D eigenvalue weighted by Crippen LogP contribution is -2.35. The summed E-state index contributed by atoms with van der Waals surface area (Å²) in [6, 6.07) is 3.81. The number of non-ortho nitro benzene ring substituents is 1. The van der Waals surface area contributed by atoms with Crippen LogP contribution in [0.3, 0.4) is 0 Å². The maximum Gasteiger partial charge on any atom is 0.326 e. The van der Waals surface area contributed by atoms with E-state index >= 15 is 0 Å². The van der Waals surface area contributed by atoms with Crippen LogP contribution in [0.25, 0.3) is 0 Å². The highest BCUT2D eigenvalue weighted by molar-refractivity contribution is 5.79. The van der Waals surface area contributed by atoms with E-state index < -0.39 is 16.9 Å². The first kappa shape index (κ1) is 15.1. The van der Waals surface area contributed by atoms with Crippen molar-refractivity contribution in [3.63, 3.8) is 0 Å². The van der Waals surface area contributed by atoms with Gasteiger partial charge >= 0.3 is 5.97 Å². The summed E-state index contributed by atoms with van der Waals surface area (Å²) < 4.78 is 5.46. The molecule has 1 unspecified atom stereocenters.